The Morgan fingerprint density at radius 3 is 2.91 bits per heavy atom. The van der Waals surface area contributed by atoms with Gasteiger partial charge in [-0.15, -0.1) is 11.3 Å². The largest absolute Gasteiger partial charge is 0.455 e. The van der Waals surface area contributed by atoms with E-state index in [-0.39, 0.29) is 12.6 Å². The van der Waals surface area contributed by atoms with Crippen LogP contribution >= 0.6 is 11.3 Å². The van der Waals surface area contributed by atoms with E-state index in [9.17, 15) is 4.79 Å². The van der Waals surface area contributed by atoms with Gasteiger partial charge in [0, 0.05) is 17.1 Å². The highest BCUT2D eigenvalue weighted by Gasteiger charge is 2.12. The molecule has 0 unspecified atom stereocenters. The minimum absolute atomic E-state index is 0.175. The summed E-state index contributed by atoms with van der Waals surface area (Å²) in [5.74, 6) is -0.307. The summed E-state index contributed by atoms with van der Waals surface area (Å²) in [7, 11) is 0. The van der Waals surface area contributed by atoms with E-state index in [4.69, 9.17) is 4.74 Å². The fourth-order valence-corrected chi connectivity index (χ4v) is 3.31. The van der Waals surface area contributed by atoms with Crippen LogP contribution in [0.1, 0.15) is 15.4 Å². The minimum atomic E-state index is -0.307. The lowest BCUT2D eigenvalue weighted by Gasteiger charge is -1.99. The van der Waals surface area contributed by atoms with Gasteiger partial charge in [-0.3, -0.25) is 0 Å². The van der Waals surface area contributed by atoms with E-state index < -0.39 is 0 Å². The van der Waals surface area contributed by atoms with Crippen LogP contribution in [0.5, 0.6) is 0 Å². The van der Waals surface area contributed by atoms with Gasteiger partial charge in [-0.25, -0.2) is 9.78 Å². The first kappa shape index (κ1) is 13.0. The fourth-order valence-electron chi connectivity index (χ4n) is 2.35. The summed E-state index contributed by atoms with van der Waals surface area (Å²) >= 11 is 1.45. The summed E-state index contributed by atoms with van der Waals surface area (Å²) in [6.45, 7) is 0.175. The maximum absolute atomic E-state index is 12.2. The van der Waals surface area contributed by atoms with Crippen molar-refractivity contribution in [1.29, 1.82) is 0 Å². The second-order valence-corrected chi connectivity index (χ2v) is 6.01. The fraction of sp³-hybridized carbons (Fsp3) is 0.0588. The van der Waals surface area contributed by atoms with Crippen LogP contribution in [0.3, 0.4) is 0 Å². The van der Waals surface area contributed by atoms with Crippen LogP contribution in [0.2, 0.25) is 0 Å². The third kappa shape index (κ3) is 2.35. The number of fused-ring (bicyclic) bond motifs is 2. The predicted octanol–water partition coefficient (Wildman–Crippen LogP) is 3.91. The van der Waals surface area contributed by atoms with Crippen molar-refractivity contribution in [3.05, 3.63) is 71.5 Å². The van der Waals surface area contributed by atoms with Crippen molar-refractivity contribution < 1.29 is 9.53 Å². The minimum Gasteiger partial charge on any atom is -0.455 e. The second kappa shape index (κ2) is 5.27. The van der Waals surface area contributed by atoms with Crippen molar-refractivity contribution in [3.63, 3.8) is 0 Å². The summed E-state index contributed by atoms with van der Waals surface area (Å²) in [4.78, 5) is 17.2. The van der Waals surface area contributed by atoms with Gasteiger partial charge in [0.25, 0.3) is 0 Å². The molecule has 3 aromatic heterocycles. The Hall–Kier alpha value is -2.66. The molecule has 0 saturated carbocycles. The third-order valence-corrected chi connectivity index (χ3v) is 4.49. The number of ether oxygens (including phenoxy) is 1. The topological polar surface area (TPSA) is 43.6 Å². The van der Waals surface area contributed by atoms with Crippen molar-refractivity contribution in [2.75, 3.05) is 0 Å². The van der Waals surface area contributed by atoms with Crippen LogP contribution in [-0.2, 0) is 11.3 Å². The molecule has 4 aromatic rings. The third-order valence-electron chi connectivity index (χ3n) is 3.39. The van der Waals surface area contributed by atoms with Gasteiger partial charge in [-0.05, 0) is 29.7 Å². The quantitative estimate of drug-likeness (QED) is 0.539. The number of esters is 1. The molecule has 0 aliphatic rings. The molecule has 3 heterocycles. The van der Waals surface area contributed by atoms with Gasteiger partial charge in [0.05, 0.1) is 5.69 Å². The SMILES string of the molecule is O=C(OCc1cn2ccccc2n1)c1cc2ccccc2s1. The molecule has 22 heavy (non-hydrogen) atoms. The number of carbonyl (C=O) groups excluding carboxylic acids is 1. The van der Waals surface area contributed by atoms with Crippen LogP contribution in [0.25, 0.3) is 15.7 Å². The average Bonchev–Trinajstić information content (AvgIpc) is 3.15. The van der Waals surface area contributed by atoms with E-state index in [2.05, 4.69) is 4.98 Å². The molecule has 0 N–H and O–H groups in total. The molecule has 0 atom stereocenters. The van der Waals surface area contributed by atoms with E-state index in [1.165, 1.54) is 11.3 Å². The van der Waals surface area contributed by atoms with Crippen LogP contribution in [0.4, 0.5) is 0 Å². The molecule has 0 spiro atoms. The molecular weight excluding hydrogens is 296 g/mol. The predicted molar refractivity (Wildman–Crippen MR) is 86.1 cm³/mol. The highest BCUT2D eigenvalue weighted by Crippen LogP contribution is 2.26. The van der Waals surface area contributed by atoms with Crippen LogP contribution in [0, 0.1) is 0 Å². The molecule has 0 aliphatic carbocycles. The Balaban J connectivity index is 1.51. The van der Waals surface area contributed by atoms with Crippen molar-refractivity contribution in [1.82, 2.24) is 9.38 Å². The van der Waals surface area contributed by atoms with Crippen LogP contribution in [-0.4, -0.2) is 15.4 Å². The van der Waals surface area contributed by atoms with Crippen molar-refractivity contribution in [2.24, 2.45) is 0 Å². The summed E-state index contributed by atoms with van der Waals surface area (Å²) < 4.78 is 8.36. The average molecular weight is 308 g/mol. The summed E-state index contributed by atoms with van der Waals surface area (Å²) in [6.07, 6.45) is 3.78. The molecular formula is C17H12N2O2S. The van der Waals surface area contributed by atoms with E-state index >= 15 is 0 Å². The maximum atomic E-state index is 12.2. The number of carbonyl (C=O) groups is 1. The van der Waals surface area contributed by atoms with Gasteiger partial charge in [0.2, 0.25) is 0 Å². The number of hydrogen-bond acceptors (Lipinski definition) is 4. The van der Waals surface area contributed by atoms with Gasteiger partial charge < -0.3 is 9.14 Å². The molecule has 0 radical (unpaired) electrons. The standard InChI is InChI=1S/C17H12N2O2S/c20-17(15-9-12-5-1-2-6-14(12)22-15)21-11-13-10-19-8-4-3-7-16(19)18-13/h1-10H,11H2. The van der Waals surface area contributed by atoms with Crippen molar-refractivity contribution in [3.8, 4) is 0 Å². The first-order valence-electron chi connectivity index (χ1n) is 6.88. The lowest BCUT2D eigenvalue weighted by Crippen LogP contribution is -2.03. The van der Waals surface area contributed by atoms with E-state index in [0.29, 0.717) is 4.88 Å². The maximum Gasteiger partial charge on any atom is 0.348 e. The highest BCUT2D eigenvalue weighted by molar-refractivity contribution is 7.20. The molecule has 4 rings (SSSR count). The molecule has 1 aromatic carbocycles. The lowest BCUT2D eigenvalue weighted by atomic mass is 10.2. The first-order chi connectivity index (χ1) is 10.8. The summed E-state index contributed by atoms with van der Waals surface area (Å²) in [5.41, 5.74) is 1.58. The summed E-state index contributed by atoms with van der Waals surface area (Å²) in [5, 5.41) is 1.06. The Kier molecular flexibility index (Phi) is 3.12. The van der Waals surface area contributed by atoms with Crippen LogP contribution < -0.4 is 0 Å². The number of pyridine rings is 1. The highest BCUT2D eigenvalue weighted by atomic mass is 32.1. The molecule has 0 saturated heterocycles. The monoisotopic (exact) mass is 308 g/mol. The number of thiophene rings is 1. The molecule has 108 valence electrons. The van der Waals surface area contributed by atoms with Gasteiger partial charge >= 0.3 is 5.97 Å². The molecule has 0 bridgehead atoms. The molecule has 0 fully saturated rings. The number of benzene rings is 1. The number of rotatable bonds is 3. The van der Waals surface area contributed by atoms with Crippen molar-refractivity contribution >= 4 is 33.0 Å². The van der Waals surface area contributed by atoms with Crippen molar-refractivity contribution in [2.45, 2.75) is 6.61 Å². The number of aromatic nitrogens is 2. The van der Waals surface area contributed by atoms with Gasteiger partial charge in [0.1, 0.15) is 17.1 Å². The molecule has 5 heteroatoms. The Labute approximate surface area is 130 Å². The zero-order valence-corrected chi connectivity index (χ0v) is 12.4. The van der Waals surface area contributed by atoms with E-state index in [1.807, 2.05) is 65.3 Å². The van der Waals surface area contributed by atoms with E-state index in [0.717, 1.165) is 21.4 Å². The normalized spacial score (nSPS) is 11.1. The molecule has 4 nitrogen and oxygen atoms in total. The zero-order chi connectivity index (χ0) is 14.9. The number of hydrogen-bond donors (Lipinski definition) is 0. The van der Waals surface area contributed by atoms with Gasteiger partial charge in [-0.2, -0.15) is 0 Å². The summed E-state index contributed by atoms with van der Waals surface area (Å²) in [6, 6.07) is 15.6. The Morgan fingerprint density at radius 2 is 2.05 bits per heavy atom. The smallest absolute Gasteiger partial charge is 0.348 e. The van der Waals surface area contributed by atoms with Gasteiger partial charge in [0.15, 0.2) is 0 Å². The molecule has 0 amide bonds. The van der Waals surface area contributed by atoms with Crippen LogP contribution in [0.15, 0.2) is 60.9 Å². The Morgan fingerprint density at radius 1 is 1.18 bits per heavy atom. The number of imidazole rings is 1. The van der Waals surface area contributed by atoms with Gasteiger partial charge in [-0.1, -0.05) is 24.3 Å². The molecule has 0 aliphatic heterocycles. The second-order valence-electron chi connectivity index (χ2n) is 4.92. The number of nitrogens with zero attached hydrogens (tertiary/aromatic N) is 2. The van der Waals surface area contributed by atoms with E-state index in [1.54, 1.807) is 0 Å². The zero-order valence-electron chi connectivity index (χ0n) is 11.6. The Bertz CT molecular complexity index is 905. The lowest BCUT2D eigenvalue weighted by molar-refractivity contribution is 0.0474. The first-order valence-corrected chi connectivity index (χ1v) is 7.69.